The molecule has 19 heavy (non-hydrogen) atoms. The van der Waals surface area contributed by atoms with Crippen molar-refractivity contribution in [1.29, 1.82) is 0 Å². The van der Waals surface area contributed by atoms with Gasteiger partial charge in [-0.15, -0.1) is 13.2 Å². The smallest absolute Gasteiger partial charge is 0.465 e. The monoisotopic (exact) mass is 286 g/mol. The second kappa shape index (κ2) is 5.72. The van der Waals surface area contributed by atoms with E-state index in [0.717, 1.165) is 19.2 Å². The fourth-order valence-electron chi connectivity index (χ4n) is 1.15. The molecule has 0 saturated carbocycles. The molecule has 0 fully saturated rings. The van der Waals surface area contributed by atoms with E-state index in [-0.39, 0.29) is 5.56 Å². The zero-order valence-electron chi connectivity index (χ0n) is 9.33. The highest BCUT2D eigenvalue weighted by molar-refractivity contribution is 5.90. The predicted octanol–water partition coefficient (Wildman–Crippen LogP) is 2.97. The average molecular weight is 286 g/mol. The Hall–Kier alpha value is -2.06. The number of methoxy groups -OCH3 is 1. The van der Waals surface area contributed by atoms with Gasteiger partial charge in [0.2, 0.25) is 0 Å². The first-order chi connectivity index (χ1) is 8.73. The molecule has 0 aliphatic carbocycles. The van der Waals surface area contributed by atoms with Crippen LogP contribution in [0.3, 0.4) is 0 Å². The van der Waals surface area contributed by atoms with Gasteiger partial charge in [-0.05, 0) is 18.2 Å². The van der Waals surface area contributed by atoms with Gasteiger partial charge in [-0.3, -0.25) is 0 Å². The van der Waals surface area contributed by atoms with E-state index in [9.17, 15) is 26.7 Å². The topological polar surface area (TPSA) is 44.8 Å². The number of carbonyl (C=O) groups is 1. The van der Waals surface area contributed by atoms with Crippen LogP contribution >= 0.6 is 0 Å². The summed E-state index contributed by atoms with van der Waals surface area (Å²) in [4.78, 5) is 11.1. The fourth-order valence-corrected chi connectivity index (χ4v) is 1.15. The fraction of sp³-hybridized carbons (Fsp3) is 0.300. The third-order valence-corrected chi connectivity index (χ3v) is 1.81. The third kappa shape index (κ3) is 4.60. The van der Waals surface area contributed by atoms with Gasteiger partial charge in [0, 0.05) is 0 Å². The van der Waals surface area contributed by atoms with E-state index in [2.05, 4.69) is 14.2 Å². The molecule has 0 bridgehead atoms. The molecular weight excluding hydrogens is 279 g/mol. The van der Waals surface area contributed by atoms with Gasteiger partial charge < -0.3 is 14.2 Å². The standard InChI is InChI=1S/C10H7F5O4/c1-17-8(16)5-2-3-6(18-9(11)12)7(4-5)19-10(13,14)15/h2-4,9H,1H3. The lowest BCUT2D eigenvalue weighted by Gasteiger charge is -2.14. The van der Waals surface area contributed by atoms with Crippen LogP contribution in [0.5, 0.6) is 11.5 Å². The number of halogens is 5. The summed E-state index contributed by atoms with van der Waals surface area (Å²) < 4.78 is 71.9. The first kappa shape index (κ1) is 15.0. The SMILES string of the molecule is COC(=O)c1ccc(OC(F)F)c(OC(F)(F)F)c1. The lowest BCUT2D eigenvalue weighted by Crippen LogP contribution is -2.18. The maximum absolute atomic E-state index is 12.1. The second-order valence-electron chi connectivity index (χ2n) is 3.08. The van der Waals surface area contributed by atoms with Crippen molar-refractivity contribution in [3.8, 4) is 11.5 Å². The van der Waals surface area contributed by atoms with Crippen LogP contribution in [0.4, 0.5) is 22.0 Å². The molecule has 0 atom stereocenters. The summed E-state index contributed by atoms with van der Waals surface area (Å²) in [5.74, 6) is -2.86. The first-order valence-electron chi connectivity index (χ1n) is 4.66. The van der Waals surface area contributed by atoms with Crippen LogP contribution in [0, 0.1) is 0 Å². The van der Waals surface area contributed by atoms with Crippen molar-refractivity contribution in [3.05, 3.63) is 23.8 Å². The van der Waals surface area contributed by atoms with E-state index in [1.165, 1.54) is 0 Å². The summed E-state index contributed by atoms with van der Waals surface area (Å²) in [5, 5.41) is 0. The Morgan fingerprint density at radius 3 is 2.32 bits per heavy atom. The van der Waals surface area contributed by atoms with Crippen LogP contribution in [0.15, 0.2) is 18.2 Å². The Kier molecular flexibility index (Phi) is 4.52. The lowest BCUT2D eigenvalue weighted by molar-refractivity contribution is -0.275. The minimum atomic E-state index is -5.12. The number of hydrogen-bond donors (Lipinski definition) is 0. The Morgan fingerprint density at radius 1 is 1.21 bits per heavy atom. The van der Waals surface area contributed by atoms with Gasteiger partial charge in [0.25, 0.3) is 0 Å². The van der Waals surface area contributed by atoms with Crippen LogP contribution in [-0.2, 0) is 4.74 Å². The third-order valence-electron chi connectivity index (χ3n) is 1.81. The zero-order valence-corrected chi connectivity index (χ0v) is 9.33. The van der Waals surface area contributed by atoms with Crippen LogP contribution in [0.25, 0.3) is 0 Å². The van der Waals surface area contributed by atoms with Crippen molar-refractivity contribution in [2.45, 2.75) is 13.0 Å². The molecule has 1 aromatic rings. The van der Waals surface area contributed by atoms with Gasteiger partial charge >= 0.3 is 18.9 Å². The van der Waals surface area contributed by atoms with E-state index in [1.807, 2.05) is 0 Å². The molecular formula is C10H7F5O4. The minimum absolute atomic E-state index is 0.302. The van der Waals surface area contributed by atoms with Crippen molar-refractivity contribution >= 4 is 5.97 Å². The van der Waals surface area contributed by atoms with Crippen molar-refractivity contribution in [1.82, 2.24) is 0 Å². The van der Waals surface area contributed by atoms with Gasteiger partial charge in [0.15, 0.2) is 11.5 Å². The molecule has 0 amide bonds. The van der Waals surface area contributed by atoms with Gasteiger partial charge in [-0.2, -0.15) is 8.78 Å². The molecule has 0 heterocycles. The number of rotatable bonds is 4. The number of ether oxygens (including phenoxy) is 3. The molecule has 1 rings (SSSR count). The zero-order chi connectivity index (χ0) is 14.6. The number of benzene rings is 1. The Bertz CT molecular complexity index is 458. The number of esters is 1. The molecule has 0 aromatic heterocycles. The maximum atomic E-state index is 12.1. The molecule has 9 heteroatoms. The molecule has 0 aliphatic rings. The van der Waals surface area contributed by atoms with Crippen molar-refractivity contribution in [2.24, 2.45) is 0 Å². The van der Waals surface area contributed by atoms with Crippen molar-refractivity contribution < 1.29 is 41.0 Å². The van der Waals surface area contributed by atoms with Crippen molar-refractivity contribution in [2.75, 3.05) is 7.11 Å². The van der Waals surface area contributed by atoms with Crippen LogP contribution in [0.1, 0.15) is 10.4 Å². The van der Waals surface area contributed by atoms with Gasteiger partial charge in [-0.25, -0.2) is 4.79 Å². The molecule has 0 saturated heterocycles. The maximum Gasteiger partial charge on any atom is 0.573 e. The Morgan fingerprint density at radius 2 is 1.84 bits per heavy atom. The van der Waals surface area contributed by atoms with Crippen LogP contribution in [0.2, 0.25) is 0 Å². The Labute approximate surface area is 103 Å². The predicted molar refractivity (Wildman–Crippen MR) is 51.1 cm³/mol. The van der Waals surface area contributed by atoms with E-state index in [4.69, 9.17) is 0 Å². The van der Waals surface area contributed by atoms with Gasteiger partial charge in [0.1, 0.15) is 0 Å². The minimum Gasteiger partial charge on any atom is -0.465 e. The van der Waals surface area contributed by atoms with Crippen molar-refractivity contribution in [3.63, 3.8) is 0 Å². The van der Waals surface area contributed by atoms with Gasteiger partial charge in [-0.1, -0.05) is 0 Å². The highest BCUT2D eigenvalue weighted by Crippen LogP contribution is 2.34. The average Bonchev–Trinajstić information content (AvgIpc) is 2.28. The van der Waals surface area contributed by atoms with E-state index in [0.29, 0.717) is 6.07 Å². The van der Waals surface area contributed by atoms with Crippen LogP contribution < -0.4 is 9.47 Å². The number of alkyl halides is 5. The molecule has 0 unspecified atom stereocenters. The summed E-state index contributed by atoms with van der Waals surface area (Å²) >= 11 is 0. The van der Waals surface area contributed by atoms with Gasteiger partial charge in [0.05, 0.1) is 12.7 Å². The number of carbonyl (C=O) groups excluding carboxylic acids is 1. The summed E-state index contributed by atoms with van der Waals surface area (Å²) in [6, 6.07) is 2.31. The molecule has 4 nitrogen and oxygen atoms in total. The molecule has 106 valence electrons. The molecule has 0 aliphatic heterocycles. The molecule has 0 spiro atoms. The molecule has 0 N–H and O–H groups in total. The van der Waals surface area contributed by atoms with Crippen LogP contribution in [-0.4, -0.2) is 26.1 Å². The van der Waals surface area contributed by atoms with E-state index < -0.39 is 30.4 Å². The normalized spacial score (nSPS) is 11.3. The number of hydrogen-bond acceptors (Lipinski definition) is 4. The van der Waals surface area contributed by atoms with E-state index in [1.54, 1.807) is 0 Å². The lowest BCUT2D eigenvalue weighted by atomic mass is 10.2. The highest BCUT2D eigenvalue weighted by Gasteiger charge is 2.33. The summed E-state index contributed by atoms with van der Waals surface area (Å²) in [5.41, 5.74) is -0.302. The van der Waals surface area contributed by atoms with E-state index >= 15 is 0 Å². The summed E-state index contributed by atoms with van der Waals surface area (Å²) in [6.45, 7) is -3.33. The largest absolute Gasteiger partial charge is 0.573 e. The molecule has 1 aromatic carbocycles. The summed E-state index contributed by atoms with van der Waals surface area (Å²) in [7, 11) is 1.01. The highest BCUT2D eigenvalue weighted by atomic mass is 19.4. The summed E-state index contributed by atoms with van der Waals surface area (Å²) in [6.07, 6.45) is -5.12. The first-order valence-corrected chi connectivity index (χ1v) is 4.66. The second-order valence-corrected chi connectivity index (χ2v) is 3.08. The quantitative estimate of drug-likeness (QED) is 0.630. The Balaban J connectivity index is 3.14. The molecule has 0 radical (unpaired) electrons.